The number of hydrogen-bond donors (Lipinski definition) is 1. The lowest BCUT2D eigenvalue weighted by molar-refractivity contribution is -0.178. The van der Waals surface area contributed by atoms with Crippen LogP contribution in [0, 0.1) is 23.7 Å². The maximum absolute atomic E-state index is 10.7. The van der Waals surface area contributed by atoms with Gasteiger partial charge in [0, 0.05) is 26.6 Å². The Balaban J connectivity index is 1.63. The van der Waals surface area contributed by atoms with Gasteiger partial charge in [-0.2, -0.15) is 11.8 Å². The van der Waals surface area contributed by atoms with Crippen LogP contribution in [0.3, 0.4) is 0 Å². The van der Waals surface area contributed by atoms with Gasteiger partial charge in [-0.1, -0.05) is 50.3 Å². The van der Waals surface area contributed by atoms with Gasteiger partial charge in [0.2, 0.25) is 0 Å². The Morgan fingerprint density at radius 3 is 2.81 bits per heavy atom. The normalized spacial score (nSPS) is 27.5. The average Bonchev–Trinajstić information content (AvgIpc) is 3.12. The van der Waals surface area contributed by atoms with Gasteiger partial charge < -0.3 is 19.3 Å². The molecule has 0 amide bonds. The van der Waals surface area contributed by atoms with E-state index in [1.807, 2.05) is 11.8 Å². The molecule has 1 N–H and O–H groups in total. The van der Waals surface area contributed by atoms with Gasteiger partial charge in [0.25, 0.3) is 0 Å². The highest BCUT2D eigenvalue weighted by Crippen LogP contribution is 2.44. The summed E-state index contributed by atoms with van der Waals surface area (Å²) >= 11 is 1.90. The lowest BCUT2D eigenvalue weighted by Crippen LogP contribution is -2.28. The monoisotopic (exact) mass is 518 g/mol. The van der Waals surface area contributed by atoms with E-state index in [4.69, 9.17) is 19.3 Å². The second-order valence-corrected chi connectivity index (χ2v) is 11.9. The highest BCUT2D eigenvalue weighted by molar-refractivity contribution is 7.99. The summed E-state index contributed by atoms with van der Waals surface area (Å²) < 4.78 is 17.8. The van der Waals surface area contributed by atoms with Gasteiger partial charge in [-0.05, 0) is 84.8 Å². The minimum Gasteiger partial charge on any atom is -0.481 e. The lowest BCUT2D eigenvalue weighted by Gasteiger charge is -2.27. The molecule has 6 atom stereocenters. The number of carboxylic acid groups (broad SMARTS) is 1. The van der Waals surface area contributed by atoms with Crippen molar-refractivity contribution in [3.63, 3.8) is 0 Å². The summed E-state index contributed by atoms with van der Waals surface area (Å²) in [5.74, 6) is 3.94. The first-order chi connectivity index (χ1) is 17.5. The molecule has 1 unspecified atom stereocenters. The van der Waals surface area contributed by atoms with Crippen LogP contribution >= 0.6 is 11.8 Å². The molecule has 1 aliphatic heterocycles. The third kappa shape index (κ3) is 9.85. The third-order valence-corrected chi connectivity index (χ3v) is 8.75. The summed E-state index contributed by atoms with van der Waals surface area (Å²) in [7, 11) is 1.73. The molecule has 5 nitrogen and oxygen atoms in total. The number of allylic oxidation sites excluding steroid dienone is 1. The quantitative estimate of drug-likeness (QED) is 0.205. The first-order valence-corrected chi connectivity index (χ1v) is 14.9. The van der Waals surface area contributed by atoms with Crippen LogP contribution in [0.5, 0.6) is 0 Å². The van der Waals surface area contributed by atoms with E-state index in [-0.39, 0.29) is 18.8 Å². The van der Waals surface area contributed by atoms with Crippen molar-refractivity contribution in [3.8, 4) is 0 Å². The van der Waals surface area contributed by atoms with Crippen molar-refractivity contribution in [1.82, 2.24) is 0 Å². The summed E-state index contributed by atoms with van der Waals surface area (Å²) in [5, 5.41) is 8.84. The molecule has 0 spiro atoms. The molecule has 1 saturated carbocycles. The third-order valence-electron chi connectivity index (χ3n) is 7.65. The summed E-state index contributed by atoms with van der Waals surface area (Å²) in [5.41, 5.74) is 2.45. The molecule has 2 aliphatic rings. The zero-order valence-corrected chi connectivity index (χ0v) is 23.2. The second-order valence-electron chi connectivity index (χ2n) is 10.6. The SMILES string of the molecule is COCc1cccc(C[C@@H](/C=C/[C@@H]2[C@@H](CCSCCCC(=O)O)[C@@H](C)C[C@H]2C)OC2CCCCO2)c1. The van der Waals surface area contributed by atoms with Crippen molar-refractivity contribution in [2.45, 2.75) is 84.2 Å². The molecule has 3 rings (SSSR count). The van der Waals surface area contributed by atoms with Crippen LogP contribution in [0.1, 0.15) is 69.9 Å². The molecule has 1 aromatic carbocycles. The highest BCUT2D eigenvalue weighted by atomic mass is 32.2. The number of rotatable bonds is 15. The molecule has 6 heteroatoms. The topological polar surface area (TPSA) is 65.0 Å². The maximum atomic E-state index is 10.7. The van der Waals surface area contributed by atoms with Crippen molar-refractivity contribution in [2.24, 2.45) is 23.7 Å². The summed E-state index contributed by atoms with van der Waals surface area (Å²) in [6.07, 6.45) is 12.2. The number of hydrogen-bond acceptors (Lipinski definition) is 5. The van der Waals surface area contributed by atoms with Gasteiger partial charge >= 0.3 is 5.97 Å². The number of aliphatic carboxylic acids is 1. The average molecular weight is 519 g/mol. The van der Waals surface area contributed by atoms with Crippen molar-refractivity contribution in [1.29, 1.82) is 0 Å². The number of methoxy groups -OCH3 is 1. The first kappa shape index (κ1) is 29.2. The van der Waals surface area contributed by atoms with E-state index in [9.17, 15) is 4.79 Å². The standard InChI is InChI=1S/C30H46O5S/c1-22-18-23(2)28(14-17-36-16-7-10-29(31)32)27(22)13-12-26(35-30-11-4-5-15-34-30)20-24-8-6-9-25(19-24)21-33-3/h6,8-9,12-13,19,22-23,26-28,30H,4-5,7,10-11,14-18,20-21H2,1-3H3,(H,31,32)/b13-12+/t22-,23+,26-,27+,28+,30?/m1/s1. The predicted molar refractivity (Wildman–Crippen MR) is 147 cm³/mol. The predicted octanol–water partition coefficient (Wildman–Crippen LogP) is 6.74. The molecule has 0 bridgehead atoms. The Morgan fingerprint density at radius 2 is 2.06 bits per heavy atom. The van der Waals surface area contributed by atoms with Gasteiger partial charge in [0.15, 0.2) is 6.29 Å². The van der Waals surface area contributed by atoms with Gasteiger partial charge in [0.05, 0.1) is 12.7 Å². The molecule has 1 saturated heterocycles. The van der Waals surface area contributed by atoms with E-state index in [1.54, 1.807) is 7.11 Å². The Labute approximate surface area is 222 Å². The summed E-state index contributed by atoms with van der Waals surface area (Å²) in [6, 6.07) is 8.61. The number of benzene rings is 1. The van der Waals surface area contributed by atoms with Crippen molar-refractivity contribution in [2.75, 3.05) is 25.2 Å². The fraction of sp³-hybridized carbons (Fsp3) is 0.700. The van der Waals surface area contributed by atoms with E-state index in [0.29, 0.717) is 30.3 Å². The Bertz CT molecular complexity index is 806. The second kappa shape index (κ2) is 15.8. The molecular weight excluding hydrogens is 472 g/mol. The van der Waals surface area contributed by atoms with Gasteiger partial charge in [-0.15, -0.1) is 0 Å². The van der Waals surface area contributed by atoms with Crippen LogP contribution in [0.15, 0.2) is 36.4 Å². The van der Waals surface area contributed by atoms with Crippen LogP contribution in [0.25, 0.3) is 0 Å². The fourth-order valence-electron chi connectivity index (χ4n) is 5.85. The number of carboxylic acids is 1. The van der Waals surface area contributed by atoms with Gasteiger partial charge in [-0.3, -0.25) is 4.79 Å². The molecule has 1 aliphatic carbocycles. The lowest BCUT2D eigenvalue weighted by atomic mass is 9.85. The molecule has 2 fully saturated rings. The van der Waals surface area contributed by atoms with Crippen LogP contribution in [0.4, 0.5) is 0 Å². The summed E-state index contributed by atoms with van der Waals surface area (Å²) in [6.45, 7) is 6.19. The molecular formula is C30H46O5S. The van der Waals surface area contributed by atoms with Crippen LogP contribution in [-0.2, 0) is 32.0 Å². The van der Waals surface area contributed by atoms with Crippen LogP contribution in [-0.4, -0.2) is 48.7 Å². The Morgan fingerprint density at radius 1 is 1.22 bits per heavy atom. The van der Waals surface area contributed by atoms with Gasteiger partial charge in [0.1, 0.15) is 0 Å². The van der Waals surface area contributed by atoms with Crippen LogP contribution in [0.2, 0.25) is 0 Å². The zero-order valence-electron chi connectivity index (χ0n) is 22.4. The van der Waals surface area contributed by atoms with Crippen molar-refractivity contribution in [3.05, 3.63) is 47.5 Å². The van der Waals surface area contributed by atoms with Gasteiger partial charge in [-0.25, -0.2) is 0 Å². The Hall–Kier alpha value is -1.34. The van der Waals surface area contributed by atoms with Crippen molar-refractivity contribution < 1.29 is 24.1 Å². The molecule has 202 valence electrons. The highest BCUT2D eigenvalue weighted by Gasteiger charge is 2.36. The maximum Gasteiger partial charge on any atom is 0.303 e. The fourth-order valence-corrected chi connectivity index (χ4v) is 6.84. The molecule has 1 aromatic rings. The minimum atomic E-state index is -0.695. The van der Waals surface area contributed by atoms with E-state index in [1.165, 1.54) is 24.0 Å². The number of carbonyl (C=O) groups is 1. The molecule has 1 heterocycles. The van der Waals surface area contributed by atoms with E-state index < -0.39 is 5.97 Å². The first-order valence-electron chi connectivity index (χ1n) is 13.8. The molecule has 36 heavy (non-hydrogen) atoms. The van der Waals surface area contributed by atoms with Crippen molar-refractivity contribution >= 4 is 17.7 Å². The smallest absolute Gasteiger partial charge is 0.303 e. The largest absolute Gasteiger partial charge is 0.481 e. The molecule has 0 radical (unpaired) electrons. The van der Waals surface area contributed by atoms with E-state index >= 15 is 0 Å². The van der Waals surface area contributed by atoms with E-state index in [0.717, 1.165) is 50.2 Å². The number of thioether (sulfide) groups is 1. The Kier molecular flexibility index (Phi) is 12.8. The minimum absolute atomic E-state index is 0.0138. The molecule has 0 aromatic heterocycles. The number of ether oxygens (including phenoxy) is 3. The van der Waals surface area contributed by atoms with E-state index in [2.05, 4.69) is 50.3 Å². The van der Waals surface area contributed by atoms with Crippen LogP contribution < -0.4 is 0 Å². The zero-order chi connectivity index (χ0) is 25.8. The summed E-state index contributed by atoms with van der Waals surface area (Å²) in [4.78, 5) is 10.7.